The van der Waals surface area contributed by atoms with Crippen LogP contribution in [0.1, 0.15) is 11.1 Å². The zero-order valence-electron chi connectivity index (χ0n) is 13.4. The first-order valence-corrected chi connectivity index (χ1v) is 7.44. The number of pyridine rings is 1. The number of rotatable bonds is 3. The van der Waals surface area contributed by atoms with E-state index in [1.807, 2.05) is 43.1 Å². The van der Waals surface area contributed by atoms with E-state index in [0.29, 0.717) is 11.3 Å². The highest BCUT2D eigenvalue weighted by Crippen LogP contribution is 2.20. The number of carbonyl (C=O) groups excluding carboxylic acids is 1. The van der Waals surface area contributed by atoms with Crippen molar-refractivity contribution in [1.82, 2.24) is 0 Å². The van der Waals surface area contributed by atoms with Crippen LogP contribution in [0.2, 0.25) is 0 Å². The molecular weight excluding hydrogens is 308 g/mol. The molecule has 24 heavy (non-hydrogen) atoms. The van der Waals surface area contributed by atoms with Crippen LogP contribution in [0.3, 0.4) is 0 Å². The van der Waals surface area contributed by atoms with Crippen LogP contribution in [0, 0.1) is 6.92 Å². The molecule has 0 saturated carbocycles. The molecular formula is C18H17N2O4+. The van der Waals surface area contributed by atoms with Gasteiger partial charge in [-0.15, -0.1) is 0 Å². The van der Waals surface area contributed by atoms with Crippen LogP contribution in [0.25, 0.3) is 11.0 Å². The molecule has 2 aromatic heterocycles. The van der Waals surface area contributed by atoms with Crippen molar-refractivity contribution in [3.63, 3.8) is 0 Å². The quantitative estimate of drug-likeness (QED) is 0.593. The van der Waals surface area contributed by atoms with Gasteiger partial charge in [-0.1, -0.05) is 0 Å². The van der Waals surface area contributed by atoms with Crippen molar-refractivity contribution in [2.45, 2.75) is 13.5 Å². The fraction of sp³-hybridized carbons (Fsp3) is 0.167. The first-order valence-electron chi connectivity index (χ1n) is 7.44. The predicted molar refractivity (Wildman–Crippen MR) is 88.6 cm³/mol. The van der Waals surface area contributed by atoms with Crippen LogP contribution in [-0.2, 0) is 18.4 Å². The van der Waals surface area contributed by atoms with E-state index in [0.717, 1.165) is 16.5 Å². The number of nitrogens with zero attached hydrogens (tertiary/aromatic N) is 1. The van der Waals surface area contributed by atoms with Gasteiger partial charge in [0, 0.05) is 40.9 Å². The number of benzene rings is 1. The smallest absolute Gasteiger partial charge is 0.411 e. The van der Waals surface area contributed by atoms with E-state index in [1.54, 1.807) is 18.2 Å². The minimum absolute atomic E-state index is 0.175. The molecule has 3 rings (SSSR count). The Morgan fingerprint density at radius 3 is 2.71 bits per heavy atom. The maximum absolute atomic E-state index is 11.9. The topological polar surface area (TPSA) is 72.4 Å². The van der Waals surface area contributed by atoms with Gasteiger partial charge in [-0.05, 0) is 24.6 Å². The number of hydrogen-bond acceptors (Lipinski definition) is 4. The van der Waals surface area contributed by atoms with Crippen molar-refractivity contribution in [1.29, 1.82) is 0 Å². The number of ether oxygens (including phenoxy) is 1. The van der Waals surface area contributed by atoms with Gasteiger partial charge in [0.05, 0.1) is 0 Å². The van der Waals surface area contributed by atoms with Gasteiger partial charge in [0.1, 0.15) is 19.2 Å². The first kappa shape index (κ1) is 15.7. The molecule has 2 heterocycles. The van der Waals surface area contributed by atoms with Gasteiger partial charge in [0.25, 0.3) is 0 Å². The molecule has 0 bridgehead atoms. The summed E-state index contributed by atoms with van der Waals surface area (Å²) in [7, 11) is 1.91. The fourth-order valence-corrected chi connectivity index (χ4v) is 2.33. The Kier molecular flexibility index (Phi) is 4.29. The predicted octanol–water partition coefficient (Wildman–Crippen LogP) is 2.67. The number of nitrogens with one attached hydrogen (secondary N) is 1. The van der Waals surface area contributed by atoms with E-state index < -0.39 is 11.7 Å². The van der Waals surface area contributed by atoms with Crippen LogP contribution in [0.4, 0.5) is 10.5 Å². The van der Waals surface area contributed by atoms with Gasteiger partial charge in [0.15, 0.2) is 12.4 Å². The molecule has 0 aliphatic carbocycles. The second kappa shape index (κ2) is 6.54. The lowest BCUT2D eigenvalue weighted by atomic mass is 10.1. The maximum Gasteiger partial charge on any atom is 0.411 e. The Balaban J connectivity index is 1.69. The summed E-state index contributed by atoms with van der Waals surface area (Å²) in [5.41, 5.74) is 2.22. The molecule has 0 radical (unpaired) electrons. The summed E-state index contributed by atoms with van der Waals surface area (Å²) in [5.74, 6) is 0. The zero-order chi connectivity index (χ0) is 17.1. The third kappa shape index (κ3) is 3.60. The summed E-state index contributed by atoms with van der Waals surface area (Å²) in [5, 5.41) is 3.45. The number of amides is 1. The molecule has 0 aliphatic rings. The van der Waals surface area contributed by atoms with Gasteiger partial charge >= 0.3 is 11.7 Å². The van der Waals surface area contributed by atoms with Crippen molar-refractivity contribution in [2.75, 3.05) is 5.32 Å². The number of aromatic nitrogens is 1. The summed E-state index contributed by atoms with van der Waals surface area (Å²) < 4.78 is 12.2. The van der Waals surface area contributed by atoms with Crippen molar-refractivity contribution in [2.24, 2.45) is 7.05 Å². The highest BCUT2D eigenvalue weighted by molar-refractivity contribution is 5.89. The molecule has 0 unspecified atom stereocenters. The molecule has 6 heteroatoms. The fourth-order valence-electron chi connectivity index (χ4n) is 2.33. The van der Waals surface area contributed by atoms with Gasteiger partial charge < -0.3 is 9.15 Å². The van der Waals surface area contributed by atoms with Gasteiger partial charge in [-0.2, -0.15) is 0 Å². The second-order valence-electron chi connectivity index (χ2n) is 5.53. The lowest BCUT2D eigenvalue weighted by molar-refractivity contribution is -0.671. The molecule has 122 valence electrons. The van der Waals surface area contributed by atoms with E-state index >= 15 is 0 Å². The van der Waals surface area contributed by atoms with Crippen molar-refractivity contribution in [3.05, 3.63) is 70.3 Å². The summed E-state index contributed by atoms with van der Waals surface area (Å²) >= 11 is 0. The largest absolute Gasteiger partial charge is 0.444 e. The summed E-state index contributed by atoms with van der Waals surface area (Å²) in [6, 6.07) is 10.3. The van der Waals surface area contributed by atoms with Gasteiger partial charge in [0.2, 0.25) is 0 Å². The summed E-state index contributed by atoms with van der Waals surface area (Å²) in [4.78, 5) is 23.3. The molecule has 0 saturated heterocycles. The number of aryl methyl sites for hydroxylation is 2. The van der Waals surface area contributed by atoms with Gasteiger partial charge in [-0.3, -0.25) is 5.32 Å². The Bertz CT molecular complexity index is 945. The Hall–Kier alpha value is -3.15. The van der Waals surface area contributed by atoms with E-state index in [1.165, 1.54) is 6.07 Å². The standard InChI is InChI=1S/C18H16N2O4/c1-12-9-17(21)24-16-10-14(3-4-15(12)16)19-18(22)23-11-13-5-7-20(2)8-6-13/h3-10H,11H2,1-2H3/p+1. The molecule has 0 spiro atoms. The van der Waals surface area contributed by atoms with E-state index in [9.17, 15) is 9.59 Å². The number of anilines is 1. The molecule has 0 aliphatic heterocycles. The molecule has 1 aromatic carbocycles. The average molecular weight is 325 g/mol. The zero-order valence-corrected chi connectivity index (χ0v) is 13.4. The van der Waals surface area contributed by atoms with Crippen LogP contribution < -0.4 is 15.5 Å². The summed E-state index contributed by atoms with van der Waals surface area (Å²) in [6.45, 7) is 2.01. The maximum atomic E-state index is 11.9. The van der Waals surface area contributed by atoms with Crippen LogP contribution in [0.15, 0.2) is 58.0 Å². The van der Waals surface area contributed by atoms with Crippen molar-refractivity contribution >= 4 is 22.7 Å². The van der Waals surface area contributed by atoms with Crippen LogP contribution >= 0.6 is 0 Å². The number of carbonyl (C=O) groups is 1. The highest BCUT2D eigenvalue weighted by atomic mass is 16.5. The Morgan fingerprint density at radius 2 is 1.96 bits per heavy atom. The van der Waals surface area contributed by atoms with Crippen molar-refractivity contribution < 1.29 is 18.5 Å². The molecule has 3 aromatic rings. The average Bonchev–Trinajstić information content (AvgIpc) is 2.54. The van der Waals surface area contributed by atoms with Crippen LogP contribution in [-0.4, -0.2) is 6.09 Å². The third-order valence-corrected chi connectivity index (χ3v) is 3.62. The van der Waals surface area contributed by atoms with E-state index in [4.69, 9.17) is 9.15 Å². The molecule has 0 atom stereocenters. The monoisotopic (exact) mass is 325 g/mol. The third-order valence-electron chi connectivity index (χ3n) is 3.62. The number of fused-ring (bicyclic) bond motifs is 1. The lowest BCUT2D eigenvalue weighted by Gasteiger charge is -2.08. The normalized spacial score (nSPS) is 10.6. The Morgan fingerprint density at radius 1 is 1.21 bits per heavy atom. The van der Waals surface area contributed by atoms with Crippen molar-refractivity contribution in [3.8, 4) is 0 Å². The molecule has 0 fully saturated rings. The molecule has 6 nitrogen and oxygen atoms in total. The summed E-state index contributed by atoms with van der Waals surface area (Å²) in [6.07, 6.45) is 3.19. The SMILES string of the molecule is Cc1cc(=O)oc2cc(NC(=O)OCc3cc[n+](C)cc3)ccc12. The molecule has 1 amide bonds. The first-order chi connectivity index (χ1) is 11.5. The van der Waals surface area contributed by atoms with Crippen LogP contribution in [0.5, 0.6) is 0 Å². The minimum Gasteiger partial charge on any atom is -0.444 e. The molecule has 1 N–H and O–H groups in total. The minimum atomic E-state index is -0.572. The van der Waals surface area contributed by atoms with E-state index in [-0.39, 0.29) is 6.61 Å². The number of hydrogen-bond donors (Lipinski definition) is 1. The highest BCUT2D eigenvalue weighted by Gasteiger charge is 2.08. The van der Waals surface area contributed by atoms with E-state index in [2.05, 4.69) is 5.32 Å². The lowest BCUT2D eigenvalue weighted by Crippen LogP contribution is -2.26. The van der Waals surface area contributed by atoms with Gasteiger partial charge in [-0.25, -0.2) is 14.2 Å². The second-order valence-corrected chi connectivity index (χ2v) is 5.53. The Labute approximate surface area is 138 Å².